The SMILES string of the molecule is COc1ccc(/C(=C\C(=O)N2CCN(C(=O)c3cc(OC)c(OC)c(OC)c3)CC2)c2cccc(Cl)c2)cc1. The highest BCUT2D eigenvalue weighted by Gasteiger charge is 2.26. The molecule has 39 heavy (non-hydrogen) atoms. The summed E-state index contributed by atoms with van der Waals surface area (Å²) in [6.45, 7) is 1.59. The van der Waals surface area contributed by atoms with Crippen molar-refractivity contribution < 1.29 is 28.5 Å². The summed E-state index contributed by atoms with van der Waals surface area (Å²) in [5.74, 6) is 1.66. The van der Waals surface area contributed by atoms with Crippen LogP contribution in [0.25, 0.3) is 5.57 Å². The van der Waals surface area contributed by atoms with E-state index in [1.807, 2.05) is 42.5 Å². The van der Waals surface area contributed by atoms with Gasteiger partial charge in [-0.15, -0.1) is 0 Å². The van der Waals surface area contributed by atoms with Crippen molar-refractivity contribution in [1.82, 2.24) is 9.80 Å². The fraction of sp³-hybridized carbons (Fsp3) is 0.267. The van der Waals surface area contributed by atoms with Crippen LogP contribution in [0.5, 0.6) is 23.0 Å². The van der Waals surface area contributed by atoms with Crippen LogP contribution in [0.2, 0.25) is 5.02 Å². The van der Waals surface area contributed by atoms with E-state index >= 15 is 0 Å². The van der Waals surface area contributed by atoms with Crippen LogP contribution in [0.15, 0.2) is 66.7 Å². The van der Waals surface area contributed by atoms with Gasteiger partial charge in [0.25, 0.3) is 5.91 Å². The molecule has 1 saturated heterocycles. The summed E-state index contributed by atoms with van der Waals surface area (Å²) in [7, 11) is 6.14. The zero-order valence-electron chi connectivity index (χ0n) is 22.4. The van der Waals surface area contributed by atoms with Crippen molar-refractivity contribution in [3.8, 4) is 23.0 Å². The van der Waals surface area contributed by atoms with Crippen molar-refractivity contribution >= 4 is 29.0 Å². The van der Waals surface area contributed by atoms with Crippen molar-refractivity contribution in [2.75, 3.05) is 54.6 Å². The maximum Gasteiger partial charge on any atom is 0.254 e. The molecule has 0 aromatic heterocycles. The maximum atomic E-state index is 13.4. The van der Waals surface area contributed by atoms with E-state index in [4.69, 9.17) is 30.5 Å². The number of hydrogen-bond donors (Lipinski definition) is 0. The molecule has 0 aliphatic carbocycles. The van der Waals surface area contributed by atoms with Crippen molar-refractivity contribution in [3.05, 3.63) is 88.5 Å². The summed E-state index contributed by atoms with van der Waals surface area (Å²) >= 11 is 6.26. The van der Waals surface area contributed by atoms with Crippen LogP contribution in [0, 0.1) is 0 Å². The number of amides is 2. The van der Waals surface area contributed by atoms with E-state index in [9.17, 15) is 9.59 Å². The van der Waals surface area contributed by atoms with Crippen LogP contribution in [-0.4, -0.2) is 76.2 Å². The van der Waals surface area contributed by atoms with Gasteiger partial charge in [0.1, 0.15) is 5.75 Å². The highest BCUT2D eigenvalue weighted by Crippen LogP contribution is 2.38. The van der Waals surface area contributed by atoms with Gasteiger partial charge < -0.3 is 28.7 Å². The zero-order chi connectivity index (χ0) is 27.9. The fourth-order valence-electron chi connectivity index (χ4n) is 4.49. The minimum absolute atomic E-state index is 0.138. The molecule has 1 fully saturated rings. The highest BCUT2D eigenvalue weighted by atomic mass is 35.5. The van der Waals surface area contributed by atoms with Gasteiger partial charge in [0, 0.05) is 42.8 Å². The van der Waals surface area contributed by atoms with Gasteiger partial charge in [-0.1, -0.05) is 35.9 Å². The molecule has 2 amide bonds. The minimum Gasteiger partial charge on any atom is -0.497 e. The molecule has 8 nitrogen and oxygen atoms in total. The second-order valence-electron chi connectivity index (χ2n) is 8.83. The number of halogens is 1. The average Bonchev–Trinajstić information content (AvgIpc) is 2.98. The molecule has 0 radical (unpaired) electrons. The lowest BCUT2D eigenvalue weighted by Crippen LogP contribution is -2.50. The van der Waals surface area contributed by atoms with Gasteiger partial charge in [-0.2, -0.15) is 0 Å². The average molecular weight is 551 g/mol. The molecule has 0 atom stereocenters. The Hall–Kier alpha value is -4.17. The third-order valence-corrected chi connectivity index (χ3v) is 6.83. The monoisotopic (exact) mass is 550 g/mol. The van der Waals surface area contributed by atoms with Gasteiger partial charge in [0.15, 0.2) is 11.5 Å². The third-order valence-electron chi connectivity index (χ3n) is 6.59. The van der Waals surface area contributed by atoms with Gasteiger partial charge in [-0.25, -0.2) is 0 Å². The Labute approximate surface area is 233 Å². The van der Waals surface area contributed by atoms with Crippen molar-refractivity contribution in [1.29, 1.82) is 0 Å². The van der Waals surface area contributed by atoms with E-state index in [0.717, 1.165) is 22.4 Å². The first kappa shape index (κ1) is 27.9. The minimum atomic E-state index is -0.172. The molecule has 9 heteroatoms. The third kappa shape index (κ3) is 6.29. The molecule has 204 valence electrons. The number of hydrogen-bond acceptors (Lipinski definition) is 6. The lowest BCUT2D eigenvalue weighted by molar-refractivity contribution is -0.127. The molecule has 0 N–H and O–H groups in total. The highest BCUT2D eigenvalue weighted by molar-refractivity contribution is 6.30. The molecule has 0 unspecified atom stereocenters. The fourth-order valence-corrected chi connectivity index (χ4v) is 4.68. The van der Waals surface area contributed by atoms with Crippen LogP contribution in [0.1, 0.15) is 21.5 Å². The van der Waals surface area contributed by atoms with Gasteiger partial charge in [0.05, 0.1) is 28.4 Å². The molecule has 1 heterocycles. The first-order valence-electron chi connectivity index (χ1n) is 12.4. The normalized spacial score (nSPS) is 13.6. The molecule has 0 spiro atoms. The Kier molecular flexibility index (Phi) is 8.99. The molecule has 3 aromatic rings. The quantitative estimate of drug-likeness (QED) is 0.375. The smallest absolute Gasteiger partial charge is 0.254 e. The first-order valence-corrected chi connectivity index (χ1v) is 12.8. The van der Waals surface area contributed by atoms with E-state index in [0.29, 0.717) is 54.0 Å². The van der Waals surface area contributed by atoms with E-state index in [1.54, 1.807) is 41.2 Å². The molecular weight excluding hydrogens is 520 g/mol. The summed E-state index contributed by atoms with van der Waals surface area (Å²) in [6, 6.07) is 18.2. The second kappa shape index (κ2) is 12.6. The lowest BCUT2D eigenvalue weighted by Gasteiger charge is -2.34. The topological polar surface area (TPSA) is 77.5 Å². The summed E-state index contributed by atoms with van der Waals surface area (Å²) < 4.78 is 21.4. The van der Waals surface area contributed by atoms with Crippen LogP contribution in [-0.2, 0) is 4.79 Å². The Morgan fingerprint density at radius 3 is 1.87 bits per heavy atom. The Balaban J connectivity index is 1.52. The molecule has 0 saturated carbocycles. The van der Waals surface area contributed by atoms with Crippen molar-refractivity contribution in [2.24, 2.45) is 0 Å². The zero-order valence-corrected chi connectivity index (χ0v) is 23.2. The second-order valence-corrected chi connectivity index (χ2v) is 9.26. The molecule has 0 bridgehead atoms. The van der Waals surface area contributed by atoms with E-state index in [1.165, 1.54) is 21.3 Å². The van der Waals surface area contributed by atoms with Crippen LogP contribution in [0.4, 0.5) is 0 Å². The standard InChI is InChI=1S/C30H31ClN2O6/c1-36-24-10-8-20(9-11-24)25(21-6-5-7-23(31)16-21)19-28(34)32-12-14-33(15-13-32)30(35)22-17-26(37-2)29(39-4)27(18-22)38-3/h5-11,16-19H,12-15H2,1-4H3/b25-19+. The summed E-state index contributed by atoms with van der Waals surface area (Å²) in [4.78, 5) is 30.1. The predicted molar refractivity (Wildman–Crippen MR) is 150 cm³/mol. The van der Waals surface area contributed by atoms with Crippen molar-refractivity contribution in [2.45, 2.75) is 0 Å². The Bertz CT molecular complexity index is 1340. The Morgan fingerprint density at radius 1 is 0.718 bits per heavy atom. The first-order chi connectivity index (χ1) is 18.9. The number of carbonyl (C=O) groups is 2. The number of ether oxygens (including phenoxy) is 4. The number of carbonyl (C=O) groups excluding carboxylic acids is 2. The summed E-state index contributed by atoms with van der Waals surface area (Å²) in [6.07, 6.45) is 1.63. The molecular formula is C30H31ClN2O6. The summed E-state index contributed by atoms with van der Waals surface area (Å²) in [5.41, 5.74) is 2.87. The molecule has 1 aliphatic rings. The van der Waals surface area contributed by atoms with Gasteiger partial charge in [0.2, 0.25) is 11.7 Å². The van der Waals surface area contributed by atoms with Gasteiger partial charge >= 0.3 is 0 Å². The molecule has 3 aromatic carbocycles. The predicted octanol–water partition coefficient (Wildman–Crippen LogP) is 4.79. The molecule has 4 rings (SSSR count). The number of benzene rings is 3. The van der Waals surface area contributed by atoms with Crippen LogP contribution >= 0.6 is 11.6 Å². The number of methoxy groups -OCH3 is 4. The largest absolute Gasteiger partial charge is 0.497 e. The molecule has 1 aliphatic heterocycles. The van der Waals surface area contributed by atoms with Gasteiger partial charge in [-0.05, 0) is 53.1 Å². The van der Waals surface area contributed by atoms with E-state index < -0.39 is 0 Å². The number of rotatable bonds is 8. The van der Waals surface area contributed by atoms with Crippen molar-refractivity contribution in [3.63, 3.8) is 0 Å². The van der Waals surface area contributed by atoms with Crippen LogP contribution < -0.4 is 18.9 Å². The van der Waals surface area contributed by atoms with Gasteiger partial charge in [-0.3, -0.25) is 9.59 Å². The summed E-state index contributed by atoms with van der Waals surface area (Å²) in [5, 5.41) is 0.582. The Morgan fingerprint density at radius 2 is 1.33 bits per heavy atom. The lowest BCUT2D eigenvalue weighted by atomic mass is 9.97. The number of nitrogens with zero attached hydrogens (tertiary/aromatic N) is 2. The van der Waals surface area contributed by atoms with Crippen LogP contribution in [0.3, 0.4) is 0 Å². The maximum absolute atomic E-state index is 13.4. The van der Waals surface area contributed by atoms with E-state index in [2.05, 4.69) is 0 Å². The number of piperazine rings is 1. The van der Waals surface area contributed by atoms with E-state index in [-0.39, 0.29) is 11.8 Å².